The maximum atomic E-state index is 10.9. The van der Waals surface area contributed by atoms with Gasteiger partial charge in [-0.2, -0.15) is 0 Å². The Morgan fingerprint density at radius 1 is 1.33 bits per heavy atom. The van der Waals surface area contributed by atoms with Crippen LogP contribution in [-0.4, -0.2) is 11.1 Å². The van der Waals surface area contributed by atoms with Crippen molar-refractivity contribution in [2.75, 3.05) is 0 Å². The number of carboxylic acids is 1. The van der Waals surface area contributed by atoms with Crippen molar-refractivity contribution in [2.24, 2.45) is 5.92 Å². The van der Waals surface area contributed by atoms with E-state index in [1.165, 1.54) is 6.26 Å². The topological polar surface area (TPSA) is 46.5 Å². The van der Waals surface area contributed by atoms with Gasteiger partial charge >= 0.3 is 5.97 Å². The van der Waals surface area contributed by atoms with Gasteiger partial charge in [0.05, 0.1) is 5.57 Å². The molecule has 1 saturated carbocycles. The molecule has 1 fully saturated rings. The average molecular weight is 204 g/mol. The fourth-order valence-corrected chi connectivity index (χ4v) is 1.35. The van der Waals surface area contributed by atoms with E-state index in [4.69, 9.17) is 9.84 Å². The zero-order valence-electron chi connectivity index (χ0n) is 8.22. The zero-order chi connectivity index (χ0) is 10.7. The SMILES string of the molecule is O=C(O)/C(=C/Oc1ccccc1)C1CC1. The summed E-state index contributed by atoms with van der Waals surface area (Å²) in [5, 5.41) is 8.91. The highest BCUT2D eigenvalue weighted by molar-refractivity contribution is 5.87. The van der Waals surface area contributed by atoms with Crippen LogP contribution in [0.25, 0.3) is 0 Å². The minimum atomic E-state index is -0.881. The van der Waals surface area contributed by atoms with Gasteiger partial charge in [-0.3, -0.25) is 0 Å². The highest BCUT2D eigenvalue weighted by Crippen LogP contribution is 2.36. The normalized spacial score (nSPS) is 16.1. The number of para-hydroxylation sites is 1. The Hall–Kier alpha value is -1.77. The molecule has 1 N–H and O–H groups in total. The molecule has 0 aliphatic heterocycles. The van der Waals surface area contributed by atoms with Gasteiger partial charge in [-0.25, -0.2) is 4.79 Å². The predicted octanol–water partition coefficient (Wildman–Crippen LogP) is 2.44. The molecule has 0 spiro atoms. The van der Waals surface area contributed by atoms with Crippen molar-refractivity contribution in [1.29, 1.82) is 0 Å². The van der Waals surface area contributed by atoms with Crippen molar-refractivity contribution in [3.8, 4) is 5.75 Å². The molecule has 78 valence electrons. The summed E-state index contributed by atoms with van der Waals surface area (Å²) in [7, 11) is 0. The first-order valence-electron chi connectivity index (χ1n) is 4.92. The van der Waals surface area contributed by atoms with Gasteiger partial charge < -0.3 is 9.84 Å². The molecule has 3 nitrogen and oxygen atoms in total. The number of rotatable bonds is 4. The molecular formula is C12H12O3. The molecule has 1 aliphatic rings. The first-order chi connectivity index (χ1) is 7.27. The number of carbonyl (C=O) groups is 1. The zero-order valence-corrected chi connectivity index (χ0v) is 8.22. The number of benzene rings is 1. The maximum Gasteiger partial charge on any atom is 0.334 e. The Balaban J connectivity index is 2.05. The van der Waals surface area contributed by atoms with Gasteiger partial charge in [-0.1, -0.05) is 18.2 Å². The molecule has 0 bridgehead atoms. The van der Waals surface area contributed by atoms with Gasteiger partial charge in [0.25, 0.3) is 0 Å². The van der Waals surface area contributed by atoms with E-state index in [2.05, 4.69) is 0 Å². The monoisotopic (exact) mass is 204 g/mol. The summed E-state index contributed by atoms with van der Waals surface area (Å²) in [6.07, 6.45) is 3.27. The van der Waals surface area contributed by atoms with Gasteiger partial charge in [0.2, 0.25) is 0 Å². The van der Waals surface area contributed by atoms with E-state index in [9.17, 15) is 4.79 Å². The largest absolute Gasteiger partial charge is 0.478 e. The van der Waals surface area contributed by atoms with E-state index in [0.29, 0.717) is 11.3 Å². The summed E-state index contributed by atoms with van der Waals surface area (Å²) in [4.78, 5) is 10.9. The highest BCUT2D eigenvalue weighted by atomic mass is 16.5. The molecule has 3 heteroatoms. The van der Waals surface area contributed by atoms with Crippen molar-refractivity contribution < 1.29 is 14.6 Å². The van der Waals surface area contributed by atoms with E-state index < -0.39 is 5.97 Å². The maximum absolute atomic E-state index is 10.9. The lowest BCUT2D eigenvalue weighted by atomic mass is 10.2. The second kappa shape index (κ2) is 4.17. The Bertz CT molecular complexity index is 377. The molecule has 0 saturated heterocycles. The summed E-state index contributed by atoms with van der Waals surface area (Å²) in [6, 6.07) is 9.17. The van der Waals surface area contributed by atoms with Crippen LogP contribution in [0, 0.1) is 5.92 Å². The predicted molar refractivity (Wildman–Crippen MR) is 55.5 cm³/mol. The van der Waals surface area contributed by atoms with Gasteiger partial charge in [0, 0.05) is 0 Å². The molecule has 1 aliphatic carbocycles. The molecule has 0 heterocycles. The summed E-state index contributed by atoms with van der Waals surface area (Å²) in [5.74, 6) is -0.0310. The minimum Gasteiger partial charge on any atom is -0.478 e. The summed E-state index contributed by atoms with van der Waals surface area (Å²) in [5.41, 5.74) is 0.374. The van der Waals surface area contributed by atoms with Crippen molar-refractivity contribution >= 4 is 5.97 Å². The van der Waals surface area contributed by atoms with Crippen LogP contribution in [0.3, 0.4) is 0 Å². The van der Waals surface area contributed by atoms with Crippen molar-refractivity contribution in [2.45, 2.75) is 12.8 Å². The fraction of sp³-hybridized carbons (Fsp3) is 0.250. The van der Waals surface area contributed by atoms with Gasteiger partial charge in [0.1, 0.15) is 12.0 Å². The molecule has 15 heavy (non-hydrogen) atoms. The minimum absolute atomic E-state index is 0.186. The Morgan fingerprint density at radius 3 is 2.53 bits per heavy atom. The summed E-state index contributed by atoms with van der Waals surface area (Å²) < 4.78 is 5.29. The standard InChI is InChI=1S/C12H12O3/c13-12(14)11(9-6-7-9)8-15-10-4-2-1-3-5-10/h1-5,8-9H,6-7H2,(H,13,14)/b11-8+. The fourth-order valence-electron chi connectivity index (χ4n) is 1.35. The van der Waals surface area contributed by atoms with Crippen LogP contribution in [0.5, 0.6) is 5.75 Å². The van der Waals surface area contributed by atoms with Crippen LogP contribution in [-0.2, 0) is 4.79 Å². The number of hydrogen-bond donors (Lipinski definition) is 1. The molecule has 0 unspecified atom stereocenters. The molecule has 2 rings (SSSR count). The molecular weight excluding hydrogens is 192 g/mol. The number of carboxylic acid groups (broad SMARTS) is 1. The Kier molecular flexibility index (Phi) is 2.72. The molecule has 0 radical (unpaired) electrons. The third-order valence-corrected chi connectivity index (χ3v) is 2.33. The number of aliphatic carboxylic acids is 1. The van der Waals surface area contributed by atoms with Crippen molar-refractivity contribution in [3.63, 3.8) is 0 Å². The lowest BCUT2D eigenvalue weighted by Gasteiger charge is -2.02. The van der Waals surface area contributed by atoms with Crippen LogP contribution in [0.15, 0.2) is 42.2 Å². The molecule has 0 amide bonds. The third kappa shape index (κ3) is 2.59. The molecule has 0 atom stereocenters. The highest BCUT2D eigenvalue weighted by Gasteiger charge is 2.30. The van der Waals surface area contributed by atoms with Crippen LogP contribution in [0.1, 0.15) is 12.8 Å². The van der Waals surface area contributed by atoms with E-state index in [-0.39, 0.29) is 5.92 Å². The Labute approximate surface area is 88.0 Å². The van der Waals surface area contributed by atoms with Gasteiger partial charge in [-0.15, -0.1) is 0 Å². The second-order valence-electron chi connectivity index (χ2n) is 3.58. The van der Waals surface area contributed by atoms with Gasteiger partial charge in [-0.05, 0) is 30.9 Å². The summed E-state index contributed by atoms with van der Waals surface area (Å²) in [6.45, 7) is 0. The van der Waals surface area contributed by atoms with Crippen molar-refractivity contribution in [3.05, 3.63) is 42.2 Å². The first kappa shape index (κ1) is 9.77. The quantitative estimate of drug-likeness (QED) is 0.605. The van der Waals surface area contributed by atoms with E-state index >= 15 is 0 Å². The third-order valence-electron chi connectivity index (χ3n) is 2.33. The van der Waals surface area contributed by atoms with Gasteiger partial charge in [0.15, 0.2) is 0 Å². The first-order valence-corrected chi connectivity index (χ1v) is 4.92. The van der Waals surface area contributed by atoms with E-state index in [1.807, 2.05) is 18.2 Å². The second-order valence-corrected chi connectivity index (χ2v) is 3.58. The molecule has 1 aromatic carbocycles. The summed E-state index contributed by atoms with van der Waals surface area (Å²) >= 11 is 0. The Morgan fingerprint density at radius 2 is 2.00 bits per heavy atom. The lowest BCUT2D eigenvalue weighted by molar-refractivity contribution is -0.133. The van der Waals surface area contributed by atoms with Crippen LogP contribution in [0.2, 0.25) is 0 Å². The smallest absolute Gasteiger partial charge is 0.334 e. The number of hydrogen-bond acceptors (Lipinski definition) is 2. The molecule has 0 aromatic heterocycles. The van der Waals surface area contributed by atoms with Crippen molar-refractivity contribution in [1.82, 2.24) is 0 Å². The van der Waals surface area contributed by atoms with Crippen LogP contribution < -0.4 is 4.74 Å². The number of ether oxygens (including phenoxy) is 1. The van der Waals surface area contributed by atoms with E-state index in [0.717, 1.165) is 12.8 Å². The van der Waals surface area contributed by atoms with E-state index in [1.54, 1.807) is 12.1 Å². The average Bonchev–Trinajstić information content (AvgIpc) is 3.03. The van der Waals surface area contributed by atoms with Crippen LogP contribution in [0.4, 0.5) is 0 Å². The molecule has 1 aromatic rings. The lowest BCUT2D eigenvalue weighted by Crippen LogP contribution is -2.04. The van der Waals surface area contributed by atoms with Crippen LogP contribution >= 0.6 is 0 Å².